The van der Waals surface area contributed by atoms with Gasteiger partial charge in [0.25, 0.3) is 0 Å². The Morgan fingerprint density at radius 3 is 2.60 bits per heavy atom. The van der Waals surface area contributed by atoms with Gasteiger partial charge in [0.05, 0.1) is 6.61 Å². The van der Waals surface area contributed by atoms with E-state index in [4.69, 9.17) is 4.74 Å². The summed E-state index contributed by atoms with van der Waals surface area (Å²) in [5.41, 5.74) is 0. The summed E-state index contributed by atoms with van der Waals surface area (Å²) in [5.74, 6) is 0. The Bertz CT molecular complexity index is 215. The third-order valence-corrected chi connectivity index (χ3v) is 2.35. The number of amides is 2. The van der Waals surface area contributed by atoms with Gasteiger partial charge >= 0.3 is 6.09 Å². The van der Waals surface area contributed by atoms with Crippen LogP contribution in [0.2, 0.25) is 0 Å². The molecule has 5 heteroatoms. The zero-order valence-electron chi connectivity index (χ0n) is 9.15. The molecule has 0 aromatic rings. The molecule has 1 fully saturated rings. The zero-order chi connectivity index (χ0) is 11.1. The molecule has 0 spiro atoms. The molecular weight excluding hydrogens is 196 g/mol. The summed E-state index contributed by atoms with van der Waals surface area (Å²) in [5, 5.41) is 2.79. The highest BCUT2D eigenvalue weighted by Gasteiger charge is 2.23. The Morgan fingerprint density at radius 1 is 1.40 bits per heavy atom. The molecule has 5 nitrogen and oxygen atoms in total. The van der Waals surface area contributed by atoms with Crippen LogP contribution in [-0.2, 0) is 9.53 Å². The monoisotopic (exact) mass is 214 g/mol. The van der Waals surface area contributed by atoms with Gasteiger partial charge in [-0.05, 0) is 19.3 Å². The number of ether oxygens (including phenoxy) is 1. The summed E-state index contributed by atoms with van der Waals surface area (Å²) in [6.07, 6.45) is 3.93. The number of piperidine rings is 1. The Morgan fingerprint density at radius 2 is 2.07 bits per heavy atom. The molecule has 0 saturated carbocycles. The van der Waals surface area contributed by atoms with E-state index in [9.17, 15) is 9.59 Å². The fraction of sp³-hybridized carbons (Fsp3) is 0.800. The summed E-state index contributed by atoms with van der Waals surface area (Å²) < 4.78 is 4.91. The van der Waals surface area contributed by atoms with E-state index in [1.165, 1.54) is 0 Å². The van der Waals surface area contributed by atoms with E-state index >= 15 is 0 Å². The second-order valence-corrected chi connectivity index (χ2v) is 3.58. The number of imide groups is 1. The molecule has 0 atom stereocenters. The van der Waals surface area contributed by atoms with E-state index in [-0.39, 0.29) is 0 Å². The van der Waals surface area contributed by atoms with Gasteiger partial charge < -0.3 is 4.74 Å². The zero-order valence-corrected chi connectivity index (χ0v) is 9.15. The lowest BCUT2D eigenvalue weighted by Crippen LogP contribution is -2.48. The van der Waals surface area contributed by atoms with Gasteiger partial charge in [0.1, 0.15) is 0 Å². The first-order valence-corrected chi connectivity index (χ1v) is 5.45. The third-order valence-electron chi connectivity index (χ3n) is 2.35. The van der Waals surface area contributed by atoms with Gasteiger partial charge in [-0.25, -0.2) is 9.80 Å². The third kappa shape index (κ3) is 3.51. The first kappa shape index (κ1) is 12.0. The van der Waals surface area contributed by atoms with Crippen molar-refractivity contribution >= 4 is 12.5 Å². The quantitative estimate of drug-likeness (QED) is 0.664. The van der Waals surface area contributed by atoms with Crippen molar-refractivity contribution in [3.8, 4) is 0 Å². The molecule has 1 rings (SSSR count). The van der Waals surface area contributed by atoms with Crippen LogP contribution in [0.25, 0.3) is 0 Å². The lowest BCUT2D eigenvalue weighted by atomic mass is 10.2. The van der Waals surface area contributed by atoms with Gasteiger partial charge in [-0.2, -0.15) is 5.01 Å². The van der Waals surface area contributed by atoms with Crippen LogP contribution in [-0.4, -0.2) is 42.2 Å². The minimum absolute atomic E-state index is 0.358. The van der Waals surface area contributed by atoms with Crippen LogP contribution in [0, 0.1) is 0 Å². The van der Waals surface area contributed by atoms with E-state index in [1.807, 2.05) is 6.92 Å². The number of carbonyl (C=O) groups excluding carboxylic acids is 2. The van der Waals surface area contributed by atoms with Gasteiger partial charge in [0, 0.05) is 13.1 Å². The Kier molecular flexibility index (Phi) is 5.10. The number of hydrogen-bond donors (Lipinski definition) is 0. The van der Waals surface area contributed by atoms with Crippen LogP contribution in [0.5, 0.6) is 0 Å². The number of hydrogen-bond acceptors (Lipinski definition) is 4. The van der Waals surface area contributed by atoms with Crippen LogP contribution in [0.15, 0.2) is 0 Å². The van der Waals surface area contributed by atoms with Crippen molar-refractivity contribution in [1.82, 2.24) is 10.0 Å². The molecule has 1 aliphatic heterocycles. The average Bonchev–Trinajstić information content (AvgIpc) is 2.29. The molecule has 2 amide bonds. The normalized spacial score (nSPS) is 17.1. The molecule has 15 heavy (non-hydrogen) atoms. The number of hydrazine groups is 1. The molecule has 86 valence electrons. The van der Waals surface area contributed by atoms with Gasteiger partial charge in [0.15, 0.2) is 0 Å². The highest BCUT2D eigenvalue weighted by molar-refractivity contribution is 5.79. The molecule has 0 aliphatic carbocycles. The molecule has 0 N–H and O–H groups in total. The molecular formula is C10H18N2O3. The van der Waals surface area contributed by atoms with Gasteiger partial charge in [-0.15, -0.1) is 0 Å². The smallest absolute Gasteiger partial charge is 0.431 e. The van der Waals surface area contributed by atoms with Crippen molar-refractivity contribution in [3.63, 3.8) is 0 Å². The second-order valence-electron chi connectivity index (χ2n) is 3.58. The molecule has 1 aliphatic rings. The van der Waals surface area contributed by atoms with Crippen LogP contribution < -0.4 is 0 Å². The van der Waals surface area contributed by atoms with Crippen molar-refractivity contribution in [1.29, 1.82) is 0 Å². The van der Waals surface area contributed by atoms with Crippen molar-refractivity contribution < 1.29 is 14.3 Å². The standard InChI is InChI=1S/C10H18N2O3/c1-2-8-15-10(14)12(9-13)11-6-4-3-5-7-11/h9H,2-8H2,1H3. The lowest BCUT2D eigenvalue weighted by Gasteiger charge is -2.32. The lowest BCUT2D eigenvalue weighted by molar-refractivity contribution is -0.131. The predicted octanol–water partition coefficient (Wildman–Crippen LogP) is 1.39. The molecule has 0 bridgehead atoms. The van der Waals surface area contributed by atoms with E-state index in [2.05, 4.69) is 0 Å². The summed E-state index contributed by atoms with van der Waals surface area (Å²) >= 11 is 0. The summed E-state index contributed by atoms with van der Waals surface area (Å²) in [4.78, 5) is 22.3. The van der Waals surface area contributed by atoms with Crippen molar-refractivity contribution in [3.05, 3.63) is 0 Å². The van der Waals surface area contributed by atoms with Crippen molar-refractivity contribution in [2.24, 2.45) is 0 Å². The van der Waals surface area contributed by atoms with E-state index in [0.717, 1.165) is 43.8 Å². The second kappa shape index (κ2) is 6.40. The van der Waals surface area contributed by atoms with Crippen LogP contribution in [0.1, 0.15) is 32.6 Å². The molecule has 1 saturated heterocycles. The first-order chi connectivity index (χ1) is 7.29. The summed E-state index contributed by atoms with van der Waals surface area (Å²) in [7, 11) is 0. The maximum Gasteiger partial charge on any atom is 0.431 e. The highest BCUT2D eigenvalue weighted by atomic mass is 16.6. The summed E-state index contributed by atoms with van der Waals surface area (Å²) in [6.45, 7) is 3.77. The first-order valence-electron chi connectivity index (χ1n) is 5.45. The maximum atomic E-state index is 11.5. The van der Waals surface area contributed by atoms with Gasteiger partial charge in [-0.1, -0.05) is 13.3 Å². The maximum absolute atomic E-state index is 11.5. The molecule has 0 unspecified atom stereocenters. The number of carbonyl (C=O) groups is 2. The van der Waals surface area contributed by atoms with Crippen LogP contribution >= 0.6 is 0 Å². The number of nitrogens with zero attached hydrogens (tertiary/aromatic N) is 2. The molecule has 0 aromatic carbocycles. The van der Waals surface area contributed by atoms with E-state index < -0.39 is 6.09 Å². The van der Waals surface area contributed by atoms with Crippen LogP contribution in [0.3, 0.4) is 0 Å². The molecule has 0 aromatic heterocycles. The Labute approximate surface area is 89.9 Å². The van der Waals surface area contributed by atoms with Crippen molar-refractivity contribution in [2.45, 2.75) is 32.6 Å². The topological polar surface area (TPSA) is 49.9 Å². The fourth-order valence-corrected chi connectivity index (χ4v) is 1.57. The average molecular weight is 214 g/mol. The Hall–Kier alpha value is -1.10. The van der Waals surface area contributed by atoms with E-state index in [1.54, 1.807) is 5.01 Å². The van der Waals surface area contributed by atoms with Gasteiger partial charge in [0.2, 0.25) is 6.41 Å². The Balaban J connectivity index is 2.45. The largest absolute Gasteiger partial charge is 0.448 e. The minimum Gasteiger partial charge on any atom is -0.448 e. The highest BCUT2D eigenvalue weighted by Crippen LogP contribution is 2.11. The SMILES string of the molecule is CCCOC(=O)N(C=O)N1CCCCC1. The fourth-order valence-electron chi connectivity index (χ4n) is 1.57. The van der Waals surface area contributed by atoms with Crippen molar-refractivity contribution in [2.75, 3.05) is 19.7 Å². The van der Waals surface area contributed by atoms with E-state index in [0.29, 0.717) is 13.0 Å². The summed E-state index contributed by atoms with van der Waals surface area (Å²) in [6, 6.07) is 0. The van der Waals surface area contributed by atoms with Crippen LogP contribution in [0.4, 0.5) is 4.79 Å². The predicted molar refractivity (Wildman–Crippen MR) is 55.0 cm³/mol. The number of rotatable bonds is 4. The minimum atomic E-state index is -0.561. The van der Waals surface area contributed by atoms with Gasteiger partial charge in [-0.3, -0.25) is 4.79 Å². The molecule has 0 radical (unpaired) electrons. The molecule has 1 heterocycles.